The summed E-state index contributed by atoms with van der Waals surface area (Å²) in [7, 11) is -4.42. The molecular weight excluding hydrogens is 769 g/mol. The molecule has 1 aliphatic heterocycles. The topological polar surface area (TPSA) is 258 Å². The van der Waals surface area contributed by atoms with Crippen molar-refractivity contribution < 1.29 is 42.5 Å². The minimum absolute atomic E-state index is 0.0324. The molecule has 2 aromatic heterocycles. The fourth-order valence-electron chi connectivity index (χ4n) is 6.64. The van der Waals surface area contributed by atoms with Gasteiger partial charge in [-0.25, -0.2) is 14.1 Å². The smallest absolute Gasteiger partial charge is 0.459 e. The Morgan fingerprint density at radius 2 is 1.78 bits per heavy atom. The number of unbranched alkanes of at least 4 members (excludes halogenated alkanes) is 8. The van der Waals surface area contributed by atoms with E-state index in [2.05, 4.69) is 31.3 Å². The zero-order chi connectivity index (χ0) is 42.0. The summed E-state index contributed by atoms with van der Waals surface area (Å²) in [5.74, 6) is -0.874. The monoisotopic (exact) mass is 825 g/mol. The Morgan fingerprint density at radius 1 is 1.10 bits per heavy atom. The van der Waals surface area contributed by atoms with Gasteiger partial charge in [-0.3, -0.25) is 14.1 Å². The summed E-state index contributed by atoms with van der Waals surface area (Å²) >= 11 is 0. The molecule has 1 aliphatic rings. The summed E-state index contributed by atoms with van der Waals surface area (Å²) in [5, 5.41) is 32.9. The van der Waals surface area contributed by atoms with Crippen LogP contribution in [0.3, 0.4) is 0 Å². The van der Waals surface area contributed by atoms with Crippen molar-refractivity contribution in [2.24, 2.45) is 11.0 Å². The highest BCUT2D eigenvalue weighted by Gasteiger charge is 2.60. The van der Waals surface area contributed by atoms with Crippen molar-refractivity contribution in [2.45, 2.75) is 128 Å². The molecule has 0 bridgehead atoms. The maximum absolute atomic E-state index is 14.3. The number of nitriles is 1. The average molecular weight is 826 g/mol. The molecule has 0 saturated carbocycles. The molecule has 3 aromatic rings. The summed E-state index contributed by atoms with van der Waals surface area (Å²) in [6.07, 6.45) is 6.59. The number of hydrogen-bond acceptors (Lipinski definition) is 14. The van der Waals surface area contributed by atoms with Crippen molar-refractivity contribution in [2.75, 3.05) is 25.5 Å². The Hall–Kier alpha value is -4.75. The number of nitrogens with zero attached hydrogens (tertiary/aromatic N) is 7. The number of nitrogen functional groups attached to an aromatic ring is 1. The molecule has 4 rings (SSSR count). The van der Waals surface area contributed by atoms with Gasteiger partial charge < -0.3 is 29.6 Å². The van der Waals surface area contributed by atoms with Crippen molar-refractivity contribution in [1.29, 1.82) is 5.26 Å². The van der Waals surface area contributed by atoms with Crippen LogP contribution < -0.4 is 15.3 Å². The van der Waals surface area contributed by atoms with E-state index in [0.29, 0.717) is 18.5 Å². The molecule has 3 heterocycles. The molecule has 316 valence electrons. The van der Waals surface area contributed by atoms with Crippen LogP contribution >= 0.6 is 7.75 Å². The van der Waals surface area contributed by atoms with E-state index in [1.165, 1.54) is 23.8 Å². The normalized spacial score (nSPS) is 20.5. The Labute approximate surface area is 338 Å². The number of benzene rings is 1. The minimum Gasteiger partial charge on any atom is -0.464 e. The Bertz CT molecular complexity index is 1900. The van der Waals surface area contributed by atoms with Gasteiger partial charge in [0, 0.05) is 17.9 Å². The molecule has 0 amide bonds. The molecule has 1 saturated heterocycles. The second-order valence-electron chi connectivity index (χ2n) is 14.3. The van der Waals surface area contributed by atoms with Crippen LogP contribution in [0.4, 0.5) is 5.82 Å². The largest absolute Gasteiger partial charge is 0.464 e. The molecule has 0 spiro atoms. The average Bonchev–Trinajstić information content (AvgIpc) is 3.78. The lowest BCUT2D eigenvalue weighted by Crippen LogP contribution is -2.44. The van der Waals surface area contributed by atoms with Gasteiger partial charge in [-0.1, -0.05) is 94.9 Å². The predicted molar refractivity (Wildman–Crippen MR) is 214 cm³/mol. The lowest BCUT2D eigenvalue weighted by molar-refractivity contribution is -0.160. The molecular formula is C39H56N9O9P. The van der Waals surface area contributed by atoms with E-state index in [9.17, 15) is 24.5 Å². The summed E-state index contributed by atoms with van der Waals surface area (Å²) in [6, 6.07) is 12.2. The lowest BCUT2D eigenvalue weighted by atomic mass is 9.92. The lowest BCUT2D eigenvalue weighted by Gasteiger charge is -2.27. The number of azide groups is 1. The molecule has 1 fully saturated rings. The number of para-hydroxylation sites is 1. The fraction of sp³-hybridized carbons (Fsp3) is 0.615. The number of ether oxygens (including phenoxy) is 3. The number of esters is 2. The Morgan fingerprint density at radius 3 is 2.43 bits per heavy atom. The number of nitrogens with two attached hydrogens (primary N) is 1. The number of carbonyl (C=O) groups excluding carboxylic acids is 2. The van der Waals surface area contributed by atoms with E-state index >= 15 is 0 Å². The van der Waals surface area contributed by atoms with Crippen LogP contribution in [-0.4, -0.2) is 75.8 Å². The number of rotatable bonds is 26. The minimum atomic E-state index is -4.42. The van der Waals surface area contributed by atoms with Crippen molar-refractivity contribution >= 4 is 31.0 Å². The van der Waals surface area contributed by atoms with Crippen molar-refractivity contribution in [3.63, 3.8) is 0 Å². The molecule has 0 radical (unpaired) electrons. The number of nitrogens with one attached hydrogen (secondary N) is 1. The van der Waals surface area contributed by atoms with Gasteiger partial charge in [0.1, 0.15) is 41.9 Å². The highest BCUT2D eigenvalue weighted by molar-refractivity contribution is 7.52. The highest BCUT2D eigenvalue weighted by Crippen LogP contribution is 2.48. The number of carbonyl (C=O) groups is 2. The number of aliphatic hydroxyl groups is 1. The van der Waals surface area contributed by atoms with Gasteiger partial charge >= 0.3 is 19.7 Å². The van der Waals surface area contributed by atoms with Gasteiger partial charge in [0.2, 0.25) is 5.60 Å². The van der Waals surface area contributed by atoms with Crippen LogP contribution in [0.5, 0.6) is 5.75 Å². The van der Waals surface area contributed by atoms with E-state index in [4.69, 9.17) is 34.5 Å². The molecule has 0 aliphatic carbocycles. The number of aliphatic hydroxyl groups excluding tert-OH is 1. The van der Waals surface area contributed by atoms with Gasteiger partial charge in [-0.05, 0) is 55.5 Å². The third-order valence-corrected chi connectivity index (χ3v) is 11.8. The van der Waals surface area contributed by atoms with E-state index < -0.39 is 56.2 Å². The quantitative estimate of drug-likeness (QED) is 0.0183. The molecule has 0 unspecified atom stereocenters. The Kier molecular flexibility index (Phi) is 18.2. The zero-order valence-corrected chi connectivity index (χ0v) is 34.4. The van der Waals surface area contributed by atoms with Gasteiger partial charge in [-0.15, -0.1) is 0 Å². The summed E-state index contributed by atoms with van der Waals surface area (Å²) in [5.41, 5.74) is 12.8. The first-order chi connectivity index (χ1) is 28.0. The first kappa shape index (κ1) is 45.9. The van der Waals surface area contributed by atoms with E-state index in [1.807, 2.05) is 13.8 Å². The maximum atomic E-state index is 14.3. The molecule has 18 nitrogen and oxygen atoms in total. The van der Waals surface area contributed by atoms with Gasteiger partial charge in [0.25, 0.3) is 0 Å². The molecule has 19 heteroatoms. The molecule has 6 atom stereocenters. The second kappa shape index (κ2) is 23.0. The van der Waals surface area contributed by atoms with Crippen LogP contribution in [0.2, 0.25) is 0 Å². The van der Waals surface area contributed by atoms with Crippen LogP contribution in [0.25, 0.3) is 16.0 Å². The van der Waals surface area contributed by atoms with Crippen molar-refractivity contribution in [3.05, 3.63) is 64.9 Å². The Balaban J connectivity index is 1.47. The number of anilines is 1. The summed E-state index contributed by atoms with van der Waals surface area (Å²) in [4.78, 5) is 33.1. The third-order valence-electron chi connectivity index (χ3n) is 10.1. The maximum Gasteiger partial charge on any atom is 0.459 e. The first-order valence-corrected chi connectivity index (χ1v) is 21.5. The van der Waals surface area contributed by atoms with Crippen molar-refractivity contribution in [3.8, 4) is 11.8 Å². The van der Waals surface area contributed by atoms with E-state index in [1.54, 1.807) is 36.4 Å². The number of hydrogen-bond donors (Lipinski definition) is 3. The molecule has 4 N–H and O–H groups in total. The summed E-state index contributed by atoms with van der Waals surface area (Å²) < 4.78 is 44.9. The van der Waals surface area contributed by atoms with E-state index in [0.717, 1.165) is 64.2 Å². The van der Waals surface area contributed by atoms with Gasteiger partial charge in [0.05, 0.1) is 18.9 Å². The van der Waals surface area contributed by atoms with Crippen LogP contribution in [0.15, 0.2) is 53.9 Å². The predicted octanol–water partition coefficient (Wildman–Crippen LogP) is 7.07. The SMILES string of the molecule is CCC(CC)COC(=O)[C@@H](C)N[P@](=O)(OC[C@H]1O[C@@](C#N)(c2ccc3c(N)ncnn23)[C@H](OC(=O)CCCCCCCCCCCN=[N+]=[N-])[C@@H]1O)Oc1ccccc1. The summed E-state index contributed by atoms with van der Waals surface area (Å²) in [6.45, 7) is 5.54. The van der Waals surface area contributed by atoms with E-state index in [-0.39, 0.29) is 36.2 Å². The standard InChI is InChI=1S/C39H56N9O9P/c1-4-29(5-2)24-53-38(51)28(3)46-58(52,57-30-18-14-13-15-19-30)54-25-32-35(50)36(39(26-40,56-32)33-22-21-31-37(41)43-27-45-48(31)33)55-34(49)20-16-11-9-7-6-8-10-12-17-23-44-47-42/h13-15,18-19,21-22,27-29,32,35-36,50H,4-12,16-17,20,23-25H2,1-3H3,(H,46,52)(H2,41,43,45)/t28-,32-,35-,36-,39+,58+/m1/s1. The van der Waals surface area contributed by atoms with Gasteiger partial charge in [-0.2, -0.15) is 15.4 Å². The number of aromatic nitrogens is 3. The van der Waals surface area contributed by atoms with Crippen molar-refractivity contribution in [1.82, 2.24) is 19.7 Å². The van der Waals surface area contributed by atoms with Crippen LogP contribution in [-0.2, 0) is 38.5 Å². The first-order valence-electron chi connectivity index (χ1n) is 20.0. The number of fused-ring (bicyclic) bond motifs is 1. The zero-order valence-electron chi connectivity index (χ0n) is 33.5. The van der Waals surface area contributed by atoms with Crippen LogP contribution in [0, 0.1) is 17.2 Å². The fourth-order valence-corrected chi connectivity index (χ4v) is 8.14. The highest BCUT2D eigenvalue weighted by atomic mass is 31.2. The van der Waals surface area contributed by atoms with Gasteiger partial charge in [0.15, 0.2) is 11.9 Å². The molecule has 58 heavy (non-hydrogen) atoms. The second-order valence-corrected chi connectivity index (χ2v) is 16.0. The van der Waals surface area contributed by atoms with Crippen LogP contribution in [0.1, 0.15) is 104 Å². The molecule has 1 aromatic carbocycles. The third kappa shape index (κ3) is 12.6.